The Kier molecular flexibility index (Phi) is 7.70. The molecule has 0 radical (unpaired) electrons. The summed E-state index contributed by atoms with van der Waals surface area (Å²) in [4.78, 5) is 10.2. The summed E-state index contributed by atoms with van der Waals surface area (Å²) in [5.41, 5.74) is 1.03. The average Bonchev–Trinajstić information content (AvgIpc) is 2.15. The molecule has 0 heterocycles. The van der Waals surface area contributed by atoms with E-state index in [0.717, 1.165) is 5.56 Å². The maximum atomic E-state index is 10.2. The highest BCUT2D eigenvalue weighted by molar-refractivity contribution is 6.30. The van der Waals surface area contributed by atoms with Crippen molar-refractivity contribution in [2.75, 3.05) is 19.7 Å². The maximum absolute atomic E-state index is 10.2. The van der Waals surface area contributed by atoms with E-state index >= 15 is 0 Å². The number of rotatable bonds is 6. The molecule has 0 bridgehead atoms. The van der Waals surface area contributed by atoms with Gasteiger partial charge in [0.1, 0.15) is 12.4 Å². The molecule has 0 fully saturated rings. The molecule has 6 heteroatoms. The second kappa shape index (κ2) is 8.17. The lowest BCUT2D eigenvalue weighted by Gasteiger charge is -2.07. The molecule has 96 valence electrons. The fourth-order valence-electron chi connectivity index (χ4n) is 1.22. The monoisotopic (exact) mass is 279 g/mol. The number of aryl methyl sites for hydroxylation is 1. The Labute approximate surface area is 111 Å². The van der Waals surface area contributed by atoms with E-state index in [9.17, 15) is 4.79 Å². The van der Waals surface area contributed by atoms with Gasteiger partial charge >= 0.3 is 5.97 Å². The minimum absolute atomic E-state index is 0. The molecule has 2 N–H and O–H groups in total. The van der Waals surface area contributed by atoms with Crippen molar-refractivity contribution in [3.05, 3.63) is 28.8 Å². The quantitative estimate of drug-likeness (QED) is 0.784. The molecular weight excluding hydrogens is 265 g/mol. The van der Waals surface area contributed by atoms with E-state index in [1.54, 1.807) is 6.07 Å². The Hall–Kier alpha value is -0.970. The van der Waals surface area contributed by atoms with E-state index in [0.29, 0.717) is 23.9 Å². The number of hydrogen-bond acceptors (Lipinski definition) is 3. The maximum Gasteiger partial charge on any atom is 0.317 e. The van der Waals surface area contributed by atoms with Crippen molar-refractivity contribution >= 4 is 30.0 Å². The van der Waals surface area contributed by atoms with Gasteiger partial charge in [0.05, 0.1) is 6.54 Å². The third kappa shape index (κ3) is 7.05. The number of halogens is 2. The van der Waals surface area contributed by atoms with Crippen LogP contribution in [0.1, 0.15) is 5.56 Å². The predicted molar refractivity (Wildman–Crippen MR) is 69.4 cm³/mol. The van der Waals surface area contributed by atoms with Crippen molar-refractivity contribution in [3.8, 4) is 5.75 Å². The van der Waals surface area contributed by atoms with Crippen LogP contribution in [0.5, 0.6) is 5.75 Å². The molecule has 0 aliphatic carbocycles. The summed E-state index contributed by atoms with van der Waals surface area (Å²) in [6, 6.07) is 5.45. The van der Waals surface area contributed by atoms with Gasteiger partial charge in [-0.05, 0) is 30.7 Å². The van der Waals surface area contributed by atoms with Crippen molar-refractivity contribution in [1.82, 2.24) is 5.32 Å². The van der Waals surface area contributed by atoms with Gasteiger partial charge in [0, 0.05) is 11.6 Å². The molecule has 4 nitrogen and oxygen atoms in total. The van der Waals surface area contributed by atoms with E-state index in [4.69, 9.17) is 21.4 Å². The Morgan fingerprint density at radius 2 is 2.18 bits per heavy atom. The highest BCUT2D eigenvalue weighted by Gasteiger charge is 1.98. The van der Waals surface area contributed by atoms with Crippen LogP contribution in [0.25, 0.3) is 0 Å². The van der Waals surface area contributed by atoms with Crippen LogP contribution in [0, 0.1) is 6.92 Å². The number of ether oxygens (including phenoxy) is 1. The van der Waals surface area contributed by atoms with E-state index in [2.05, 4.69) is 5.32 Å². The number of aliphatic carboxylic acids is 1. The molecule has 1 aromatic carbocycles. The van der Waals surface area contributed by atoms with Crippen LogP contribution in [-0.2, 0) is 4.79 Å². The second-order valence-corrected chi connectivity index (χ2v) is 3.82. The summed E-state index contributed by atoms with van der Waals surface area (Å²) >= 11 is 5.86. The SMILES string of the molecule is Cc1cc(Cl)cc(OCCNCC(=O)O)c1.Cl. The lowest BCUT2D eigenvalue weighted by molar-refractivity contribution is -0.135. The molecule has 0 atom stereocenters. The molecule has 0 saturated carbocycles. The van der Waals surface area contributed by atoms with Gasteiger partial charge in [0.25, 0.3) is 0 Å². The van der Waals surface area contributed by atoms with E-state index in [1.165, 1.54) is 0 Å². The van der Waals surface area contributed by atoms with Crippen molar-refractivity contribution in [2.45, 2.75) is 6.92 Å². The molecule has 1 rings (SSSR count). The van der Waals surface area contributed by atoms with E-state index in [-0.39, 0.29) is 19.0 Å². The van der Waals surface area contributed by atoms with Gasteiger partial charge < -0.3 is 15.2 Å². The largest absolute Gasteiger partial charge is 0.492 e. The van der Waals surface area contributed by atoms with Gasteiger partial charge in [-0.1, -0.05) is 11.6 Å². The molecule has 17 heavy (non-hydrogen) atoms. The first kappa shape index (κ1) is 16.0. The van der Waals surface area contributed by atoms with Crippen molar-refractivity contribution < 1.29 is 14.6 Å². The highest BCUT2D eigenvalue weighted by Crippen LogP contribution is 2.20. The zero-order chi connectivity index (χ0) is 12.0. The second-order valence-electron chi connectivity index (χ2n) is 3.38. The van der Waals surface area contributed by atoms with Crippen molar-refractivity contribution in [3.63, 3.8) is 0 Å². The van der Waals surface area contributed by atoms with Gasteiger partial charge in [-0.2, -0.15) is 0 Å². The summed E-state index contributed by atoms with van der Waals surface area (Å²) in [6.45, 7) is 2.77. The third-order valence-corrected chi connectivity index (χ3v) is 2.06. The van der Waals surface area contributed by atoms with Crippen LogP contribution < -0.4 is 10.1 Å². The first-order chi connectivity index (χ1) is 7.58. The van der Waals surface area contributed by atoms with E-state index in [1.807, 2.05) is 19.1 Å². The number of benzene rings is 1. The number of hydrogen-bond donors (Lipinski definition) is 2. The zero-order valence-electron chi connectivity index (χ0n) is 9.40. The molecule has 1 aromatic rings. The average molecular weight is 280 g/mol. The van der Waals surface area contributed by atoms with E-state index < -0.39 is 5.97 Å². The number of nitrogens with one attached hydrogen (secondary N) is 1. The molecule has 0 aliphatic rings. The van der Waals surface area contributed by atoms with Gasteiger partial charge in [-0.25, -0.2) is 0 Å². The number of carbonyl (C=O) groups is 1. The Morgan fingerprint density at radius 3 is 2.76 bits per heavy atom. The van der Waals surface area contributed by atoms with Gasteiger partial charge in [-0.3, -0.25) is 4.79 Å². The standard InChI is InChI=1S/C11H14ClNO3.ClH/c1-8-4-9(12)6-10(5-8)16-3-2-13-7-11(14)15;/h4-6,13H,2-3,7H2,1H3,(H,14,15);1H. The third-order valence-electron chi connectivity index (χ3n) is 1.84. The van der Waals surface area contributed by atoms with Crippen LogP contribution in [-0.4, -0.2) is 30.8 Å². The Morgan fingerprint density at radius 1 is 1.47 bits per heavy atom. The highest BCUT2D eigenvalue weighted by atomic mass is 35.5. The fraction of sp³-hybridized carbons (Fsp3) is 0.364. The summed E-state index contributed by atoms with van der Waals surface area (Å²) in [5.74, 6) is -0.180. The first-order valence-electron chi connectivity index (χ1n) is 4.90. The predicted octanol–water partition coefficient (Wildman–Crippen LogP) is 2.12. The van der Waals surface area contributed by atoms with Crippen LogP contribution in [0.3, 0.4) is 0 Å². The summed E-state index contributed by atoms with van der Waals surface area (Å²) < 4.78 is 5.41. The van der Waals surface area contributed by atoms with Crippen LogP contribution >= 0.6 is 24.0 Å². The minimum atomic E-state index is -0.876. The summed E-state index contributed by atoms with van der Waals surface area (Å²) in [5, 5.41) is 11.7. The zero-order valence-corrected chi connectivity index (χ0v) is 11.0. The molecule has 0 aromatic heterocycles. The molecule has 0 unspecified atom stereocenters. The molecule has 0 spiro atoms. The van der Waals surface area contributed by atoms with Crippen LogP contribution in [0.4, 0.5) is 0 Å². The summed E-state index contributed by atoms with van der Waals surface area (Å²) in [6.07, 6.45) is 0. The number of carboxylic acid groups (broad SMARTS) is 1. The fourth-order valence-corrected chi connectivity index (χ4v) is 1.50. The van der Waals surface area contributed by atoms with Crippen molar-refractivity contribution in [2.24, 2.45) is 0 Å². The topological polar surface area (TPSA) is 58.6 Å². The lowest BCUT2D eigenvalue weighted by Crippen LogP contribution is -2.26. The molecule has 0 amide bonds. The Bertz CT molecular complexity index is 351. The Balaban J connectivity index is 0.00000256. The van der Waals surface area contributed by atoms with Gasteiger partial charge in [0.2, 0.25) is 0 Å². The van der Waals surface area contributed by atoms with Crippen LogP contribution in [0.15, 0.2) is 18.2 Å². The van der Waals surface area contributed by atoms with Crippen LogP contribution in [0.2, 0.25) is 5.02 Å². The minimum Gasteiger partial charge on any atom is -0.492 e. The van der Waals surface area contributed by atoms with Gasteiger partial charge in [-0.15, -0.1) is 12.4 Å². The van der Waals surface area contributed by atoms with Crippen molar-refractivity contribution in [1.29, 1.82) is 0 Å². The van der Waals surface area contributed by atoms with Gasteiger partial charge in [0.15, 0.2) is 0 Å². The first-order valence-corrected chi connectivity index (χ1v) is 5.28. The number of carboxylic acids is 1. The smallest absolute Gasteiger partial charge is 0.317 e. The molecule has 0 saturated heterocycles. The summed E-state index contributed by atoms with van der Waals surface area (Å²) in [7, 11) is 0. The molecular formula is C11H15Cl2NO3. The lowest BCUT2D eigenvalue weighted by atomic mass is 10.2. The molecule has 0 aliphatic heterocycles. The normalized spacial score (nSPS) is 9.53.